The Kier molecular flexibility index (Phi) is 4.65. The van der Waals surface area contributed by atoms with E-state index >= 15 is 0 Å². The normalized spacial score (nSPS) is 10.6. The molecule has 0 aliphatic heterocycles. The van der Waals surface area contributed by atoms with Crippen molar-refractivity contribution in [2.24, 2.45) is 5.73 Å². The summed E-state index contributed by atoms with van der Waals surface area (Å²) in [6.45, 7) is 6.46. The van der Waals surface area contributed by atoms with Gasteiger partial charge in [-0.3, -0.25) is 9.88 Å². The van der Waals surface area contributed by atoms with E-state index in [1.165, 1.54) is 0 Å². The quantitative estimate of drug-likeness (QED) is 0.768. The van der Waals surface area contributed by atoms with E-state index in [0.29, 0.717) is 11.5 Å². The van der Waals surface area contributed by atoms with Crippen LogP contribution in [0.4, 0.5) is 0 Å². The Morgan fingerprint density at radius 2 is 2.27 bits per heavy atom. The molecule has 1 heterocycles. The highest BCUT2D eigenvalue weighted by Crippen LogP contribution is 2.02. The maximum atomic E-state index is 5.52. The molecule has 0 aliphatic rings. The van der Waals surface area contributed by atoms with Gasteiger partial charge >= 0.3 is 0 Å². The van der Waals surface area contributed by atoms with Gasteiger partial charge in [0.05, 0.1) is 10.7 Å². The molecule has 0 aromatic carbocycles. The monoisotopic (exact) mass is 223 g/mol. The fourth-order valence-corrected chi connectivity index (χ4v) is 1.60. The third kappa shape index (κ3) is 4.36. The number of rotatable bonds is 5. The van der Waals surface area contributed by atoms with Crippen LogP contribution in [0.25, 0.3) is 0 Å². The summed E-state index contributed by atoms with van der Waals surface area (Å²) in [6, 6.07) is 6.04. The van der Waals surface area contributed by atoms with Gasteiger partial charge < -0.3 is 5.73 Å². The van der Waals surface area contributed by atoms with E-state index in [0.717, 1.165) is 24.5 Å². The predicted molar refractivity (Wildman–Crippen MR) is 66.7 cm³/mol. The first-order valence-corrected chi connectivity index (χ1v) is 5.46. The number of pyridine rings is 1. The molecule has 0 spiro atoms. The Hall–Kier alpha value is -1.00. The zero-order valence-electron chi connectivity index (χ0n) is 9.23. The standard InChI is InChI=1S/C11H17N3S/c1-3-14(8-11(12)15)7-10-6-4-5-9(2)13-10/h4-6H,3,7-8H2,1-2H3,(H2,12,15). The van der Waals surface area contributed by atoms with Gasteiger partial charge in [-0.05, 0) is 25.6 Å². The second-order valence-corrected chi connectivity index (χ2v) is 4.06. The summed E-state index contributed by atoms with van der Waals surface area (Å²) >= 11 is 4.90. The van der Waals surface area contributed by atoms with Crippen LogP contribution in [0.5, 0.6) is 0 Å². The highest BCUT2D eigenvalue weighted by atomic mass is 32.1. The molecule has 0 unspecified atom stereocenters. The van der Waals surface area contributed by atoms with Gasteiger partial charge in [-0.15, -0.1) is 0 Å². The largest absolute Gasteiger partial charge is 0.392 e. The summed E-state index contributed by atoms with van der Waals surface area (Å²) in [6.07, 6.45) is 0. The van der Waals surface area contributed by atoms with Crippen molar-refractivity contribution in [3.63, 3.8) is 0 Å². The van der Waals surface area contributed by atoms with Gasteiger partial charge in [-0.1, -0.05) is 25.2 Å². The molecule has 0 amide bonds. The number of aromatic nitrogens is 1. The number of likely N-dealkylation sites (N-methyl/N-ethyl adjacent to an activating group) is 1. The van der Waals surface area contributed by atoms with Crippen molar-refractivity contribution in [2.75, 3.05) is 13.1 Å². The number of nitrogens with zero attached hydrogens (tertiary/aromatic N) is 2. The Labute approximate surface area is 96.3 Å². The van der Waals surface area contributed by atoms with Crippen molar-refractivity contribution in [3.8, 4) is 0 Å². The Bertz CT molecular complexity index is 338. The van der Waals surface area contributed by atoms with Crippen molar-refractivity contribution in [1.29, 1.82) is 0 Å². The number of hydrogen-bond acceptors (Lipinski definition) is 3. The van der Waals surface area contributed by atoms with Gasteiger partial charge in [0.1, 0.15) is 0 Å². The first-order chi connectivity index (χ1) is 7.11. The summed E-state index contributed by atoms with van der Waals surface area (Å²) in [5.41, 5.74) is 7.63. The third-order valence-electron chi connectivity index (χ3n) is 2.16. The SMILES string of the molecule is CCN(CC(N)=S)Cc1cccc(C)n1. The van der Waals surface area contributed by atoms with E-state index < -0.39 is 0 Å². The lowest BCUT2D eigenvalue weighted by atomic mass is 10.3. The molecule has 0 aliphatic carbocycles. The predicted octanol–water partition coefficient (Wildman–Crippen LogP) is 1.50. The van der Waals surface area contributed by atoms with Crippen LogP contribution in [0.3, 0.4) is 0 Å². The minimum absolute atomic E-state index is 0.532. The lowest BCUT2D eigenvalue weighted by molar-refractivity contribution is 0.317. The molecule has 82 valence electrons. The van der Waals surface area contributed by atoms with Gasteiger partial charge in [0.15, 0.2) is 0 Å². The minimum Gasteiger partial charge on any atom is -0.392 e. The second kappa shape index (κ2) is 5.78. The zero-order chi connectivity index (χ0) is 11.3. The lowest BCUT2D eigenvalue weighted by Gasteiger charge is -2.18. The summed E-state index contributed by atoms with van der Waals surface area (Å²) in [7, 11) is 0. The summed E-state index contributed by atoms with van der Waals surface area (Å²) in [4.78, 5) is 7.15. The number of nitrogens with two attached hydrogens (primary N) is 1. The van der Waals surface area contributed by atoms with Crippen molar-refractivity contribution in [3.05, 3.63) is 29.6 Å². The Morgan fingerprint density at radius 1 is 1.53 bits per heavy atom. The maximum absolute atomic E-state index is 5.52. The van der Waals surface area contributed by atoms with Crippen LogP contribution in [0.1, 0.15) is 18.3 Å². The van der Waals surface area contributed by atoms with Crippen LogP contribution >= 0.6 is 12.2 Å². The highest BCUT2D eigenvalue weighted by molar-refractivity contribution is 7.80. The molecule has 0 saturated carbocycles. The van der Waals surface area contributed by atoms with Crippen LogP contribution in [-0.2, 0) is 6.54 Å². The lowest BCUT2D eigenvalue weighted by Crippen LogP contribution is -2.32. The Balaban J connectivity index is 2.62. The summed E-state index contributed by atoms with van der Waals surface area (Å²) < 4.78 is 0. The second-order valence-electron chi connectivity index (χ2n) is 3.54. The minimum atomic E-state index is 0.532. The van der Waals surface area contributed by atoms with Crippen LogP contribution in [0.15, 0.2) is 18.2 Å². The van der Waals surface area contributed by atoms with E-state index in [1.54, 1.807) is 0 Å². The topological polar surface area (TPSA) is 42.1 Å². The molecule has 3 nitrogen and oxygen atoms in total. The molecule has 1 aromatic rings. The fraction of sp³-hybridized carbons (Fsp3) is 0.455. The van der Waals surface area contributed by atoms with Gasteiger partial charge in [-0.25, -0.2) is 0 Å². The van der Waals surface area contributed by atoms with Crippen molar-refractivity contribution in [1.82, 2.24) is 9.88 Å². The molecule has 4 heteroatoms. The molecule has 15 heavy (non-hydrogen) atoms. The van der Waals surface area contributed by atoms with Crippen LogP contribution < -0.4 is 5.73 Å². The van der Waals surface area contributed by atoms with E-state index in [9.17, 15) is 0 Å². The molecule has 0 atom stereocenters. The number of thiocarbonyl (C=S) groups is 1. The van der Waals surface area contributed by atoms with E-state index in [-0.39, 0.29) is 0 Å². The maximum Gasteiger partial charge on any atom is 0.0870 e. The van der Waals surface area contributed by atoms with Crippen molar-refractivity contribution in [2.45, 2.75) is 20.4 Å². The first-order valence-electron chi connectivity index (χ1n) is 5.05. The molecular weight excluding hydrogens is 206 g/mol. The van der Waals surface area contributed by atoms with Gasteiger partial charge in [0, 0.05) is 18.8 Å². The molecule has 0 radical (unpaired) electrons. The van der Waals surface area contributed by atoms with E-state index in [2.05, 4.69) is 16.8 Å². The first kappa shape index (κ1) is 12.1. The van der Waals surface area contributed by atoms with Gasteiger partial charge in [0.2, 0.25) is 0 Å². The molecule has 0 bridgehead atoms. The van der Waals surface area contributed by atoms with Crippen molar-refractivity contribution < 1.29 is 0 Å². The number of hydrogen-bond donors (Lipinski definition) is 1. The smallest absolute Gasteiger partial charge is 0.0870 e. The Morgan fingerprint density at radius 3 is 2.80 bits per heavy atom. The molecule has 1 rings (SSSR count). The molecule has 0 saturated heterocycles. The molecule has 0 fully saturated rings. The summed E-state index contributed by atoms with van der Waals surface area (Å²) in [5, 5.41) is 0. The number of aryl methyl sites for hydroxylation is 1. The zero-order valence-corrected chi connectivity index (χ0v) is 10.0. The third-order valence-corrected chi connectivity index (χ3v) is 2.29. The van der Waals surface area contributed by atoms with Crippen molar-refractivity contribution >= 4 is 17.2 Å². The van der Waals surface area contributed by atoms with Gasteiger partial charge in [0.25, 0.3) is 0 Å². The fourth-order valence-electron chi connectivity index (χ4n) is 1.42. The van der Waals surface area contributed by atoms with E-state index in [1.807, 2.05) is 25.1 Å². The summed E-state index contributed by atoms with van der Waals surface area (Å²) in [5.74, 6) is 0. The van der Waals surface area contributed by atoms with Crippen LogP contribution in [-0.4, -0.2) is 28.0 Å². The molecule has 1 aromatic heterocycles. The average molecular weight is 223 g/mol. The molecular formula is C11H17N3S. The molecule has 2 N–H and O–H groups in total. The van der Waals surface area contributed by atoms with Crippen LogP contribution in [0, 0.1) is 6.92 Å². The van der Waals surface area contributed by atoms with Gasteiger partial charge in [-0.2, -0.15) is 0 Å². The van der Waals surface area contributed by atoms with Crippen LogP contribution in [0.2, 0.25) is 0 Å². The highest BCUT2D eigenvalue weighted by Gasteiger charge is 2.05. The van der Waals surface area contributed by atoms with E-state index in [4.69, 9.17) is 18.0 Å². The average Bonchev–Trinajstić information content (AvgIpc) is 2.16.